The number of aryl methyl sites for hydroxylation is 1. The molecular formula is C18H18BNO. The summed E-state index contributed by atoms with van der Waals surface area (Å²) in [5, 5.41) is 9.19. The van der Waals surface area contributed by atoms with Gasteiger partial charge < -0.3 is 4.74 Å². The lowest BCUT2D eigenvalue weighted by Gasteiger charge is -2.24. The average Bonchev–Trinajstić information content (AvgIpc) is 2.46. The first kappa shape index (κ1) is 13.8. The number of benzene rings is 2. The Bertz CT molecular complexity index is 705. The van der Waals surface area contributed by atoms with Crippen molar-refractivity contribution in [2.24, 2.45) is 0 Å². The smallest absolute Gasteiger partial charge is 0.275 e. The first-order valence-electron chi connectivity index (χ1n) is 7.41. The summed E-state index contributed by atoms with van der Waals surface area (Å²) in [6.07, 6.45) is 1.82. The fourth-order valence-corrected chi connectivity index (χ4v) is 2.97. The molecule has 2 aromatic rings. The lowest BCUT2D eigenvalue weighted by Crippen LogP contribution is -2.27. The van der Waals surface area contributed by atoms with Gasteiger partial charge in [0.15, 0.2) is 0 Å². The largest absolute Gasteiger partial charge is 0.457 e. The number of rotatable bonds is 2. The van der Waals surface area contributed by atoms with Crippen molar-refractivity contribution < 1.29 is 4.74 Å². The fourth-order valence-electron chi connectivity index (χ4n) is 2.97. The Kier molecular flexibility index (Phi) is 3.71. The van der Waals surface area contributed by atoms with Crippen molar-refractivity contribution in [1.29, 1.82) is 5.26 Å². The highest BCUT2D eigenvalue weighted by Crippen LogP contribution is 2.32. The molecule has 0 aromatic heterocycles. The topological polar surface area (TPSA) is 33.0 Å². The monoisotopic (exact) mass is 275 g/mol. The summed E-state index contributed by atoms with van der Waals surface area (Å²) in [5.41, 5.74) is 3.80. The first-order chi connectivity index (χ1) is 10.2. The highest BCUT2D eigenvalue weighted by atomic mass is 16.5. The zero-order chi connectivity index (χ0) is 14.8. The maximum atomic E-state index is 9.19. The number of fused-ring (bicyclic) bond motifs is 1. The molecule has 3 rings (SSSR count). The van der Waals surface area contributed by atoms with Crippen LogP contribution in [0.2, 0.25) is 5.82 Å². The third-order valence-corrected chi connectivity index (χ3v) is 4.24. The second-order valence-corrected chi connectivity index (χ2v) is 5.97. The second kappa shape index (κ2) is 5.65. The van der Waals surface area contributed by atoms with E-state index in [1.54, 1.807) is 0 Å². The molecule has 0 N–H and O–H groups in total. The molecule has 3 heteroatoms. The number of ether oxygens (including phenoxy) is 1. The Hall–Kier alpha value is -2.21. The van der Waals surface area contributed by atoms with Crippen LogP contribution in [0.25, 0.3) is 0 Å². The molecule has 0 saturated carbocycles. The van der Waals surface area contributed by atoms with Crippen molar-refractivity contribution in [3.05, 3.63) is 59.2 Å². The average molecular weight is 275 g/mol. The molecule has 1 heterocycles. The maximum absolute atomic E-state index is 9.19. The van der Waals surface area contributed by atoms with Gasteiger partial charge in [-0.2, -0.15) is 0 Å². The predicted octanol–water partition coefficient (Wildman–Crippen LogP) is 4.37. The van der Waals surface area contributed by atoms with E-state index in [2.05, 4.69) is 38.0 Å². The number of nitrogens with zero attached hydrogens (tertiary/aromatic N) is 1. The van der Waals surface area contributed by atoms with Gasteiger partial charge in [-0.25, -0.2) is 5.26 Å². The van der Waals surface area contributed by atoms with Crippen molar-refractivity contribution in [2.45, 2.75) is 32.4 Å². The van der Waals surface area contributed by atoms with E-state index in [1.807, 2.05) is 24.3 Å². The van der Waals surface area contributed by atoms with E-state index in [-0.39, 0.29) is 6.71 Å². The van der Waals surface area contributed by atoms with Crippen LogP contribution in [0.5, 0.6) is 11.5 Å². The van der Waals surface area contributed by atoms with E-state index in [0.717, 1.165) is 24.2 Å². The standard InChI is InChI=1S/C18H18BNO/c1-13-4-3-5-17(8-13)21-18-7-6-15-11-19(12-20)14(2)9-16(15)10-18/h3-8,10,14H,9,11H2,1-2H3. The zero-order valence-electron chi connectivity index (χ0n) is 12.5. The second-order valence-electron chi connectivity index (χ2n) is 5.97. The van der Waals surface area contributed by atoms with Crippen LogP contribution in [0.4, 0.5) is 0 Å². The van der Waals surface area contributed by atoms with Crippen molar-refractivity contribution in [1.82, 2.24) is 0 Å². The molecule has 2 nitrogen and oxygen atoms in total. The number of hydrogen-bond donors (Lipinski definition) is 0. The van der Waals surface area contributed by atoms with E-state index in [0.29, 0.717) is 5.82 Å². The minimum atomic E-state index is 0.140. The molecule has 104 valence electrons. The normalized spacial score (nSPS) is 17.0. The maximum Gasteiger partial charge on any atom is 0.275 e. The van der Waals surface area contributed by atoms with Gasteiger partial charge in [0.05, 0.1) is 0 Å². The Morgan fingerprint density at radius 2 is 1.95 bits per heavy atom. The number of nitriles is 1. The quantitative estimate of drug-likeness (QED) is 0.762. The summed E-state index contributed by atoms with van der Waals surface area (Å²) in [6, 6.07) is 14.3. The summed E-state index contributed by atoms with van der Waals surface area (Å²) in [7, 11) is 0. The lowest BCUT2D eigenvalue weighted by atomic mass is 9.37. The van der Waals surface area contributed by atoms with Crippen molar-refractivity contribution in [2.75, 3.05) is 0 Å². The van der Waals surface area contributed by atoms with Gasteiger partial charge >= 0.3 is 0 Å². The third-order valence-electron chi connectivity index (χ3n) is 4.24. The van der Waals surface area contributed by atoms with E-state index in [9.17, 15) is 5.26 Å². The van der Waals surface area contributed by atoms with Crippen LogP contribution in [0.15, 0.2) is 42.5 Å². The zero-order valence-corrected chi connectivity index (χ0v) is 12.5. The molecular weight excluding hydrogens is 257 g/mol. The predicted molar refractivity (Wildman–Crippen MR) is 85.9 cm³/mol. The van der Waals surface area contributed by atoms with Crippen LogP contribution in [0.3, 0.4) is 0 Å². The summed E-state index contributed by atoms with van der Waals surface area (Å²) in [5.74, 6) is 4.58. The Morgan fingerprint density at radius 3 is 2.71 bits per heavy atom. The van der Waals surface area contributed by atoms with Gasteiger partial charge in [0.1, 0.15) is 11.5 Å². The van der Waals surface area contributed by atoms with Gasteiger partial charge in [-0.15, -0.1) is 0 Å². The van der Waals surface area contributed by atoms with Crippen LogP contribution in [-0.2, 0) is 12.7 Å². The molecule has 0 amide bonds. The highest BCUT2D eigenvalue weighted by molar-refractivity contribution is 6.68. The van der Waals surface area contributed by atoms with Gasteiger partial charge in [-0.3, -0.25) is 0 Å². The van der Waals surface area contributed by atoms with Crippen molar-refractivity contribution in [3.63, 3.8) is 0 Å². The molecule has 1 aliphatic rings. The van der Waals surface area contributed by atoms with Gasteiger partial charge in [-0.1, -0.05) is 30.7 Å². The van der Waals surface area contributed by atoms with E-state index < -0.39 is 0 Å². The Labute approximate surface area is 126 Å². The van der Waals surface area contributed by atoms with Gasteiger partial charge in [0.25, 0.3) is 6.71 Å². The van der Waals surface area contributed by atoms with Crippen LogP contribution in [-0.4, -0.2) is 6.71 Å². The molecule has 0 bridgehead atoms. The summed E-state index contributed by atoms with van der Waals surface area (Å²) < 4.78 is 5.95. The van der Waals surface area contributed by atoms with Gasteiger partial charge in [-0.05, 0) is 60.9 Å². The summed E-state index contributed by atoms with van der Waals surface area (Å²) in [6.45, 7) is 4.36. The minimum absolute atomic E-state index is 0.140. The van der Waals surface area contributed by atoms with Crippen molar-refractivity contribution in [3.8, 4) is 17.5 Å². The molecule has 0 radical (unpaired) electrons. The highest BCUT2D eigenvalue weighted by Gasteiger charge is 2.29. The van der Waals surface area contributed by atoms with Crippen LogP contribution < -0.4 is 4.74 Å². The van der Waals surface area contributed by atoms with Crippen LogP contribution >= 0.6 is 0 Å². The Morgan fingerprint density at radius 1 is 1.14 bits per heavy atom. The molecule has 1 atom stereocenters. The van der Waals surface area contributed by atoms with Gasteiger partial charge in [0.2, 0.25) is 0 Å². The molecule has 0 fully saturated rings. The van der Waals surface area contributed by atoms with Crippen LogP contribution in [0, 0.1) is 18.2 Å². The summed E-state index contributed by atoms with van der Waals surface area (Å²) >= 11 is 0. The van der Waals surface area contributed by atoms with E-state index in [1.165, 1.54) is 16.7 Å². The van der Waals surface area contributed by atoms with E-state index >= 15 is 0 Å². The molecule has 21 heavy (non-hydrogen) atoms. The number of hydrogen-bond acceptors (Lipinski definition) is 2. The molecule has 1 aliphatic heterocycles. The van der Waals surface area contributed by atoms with Gasteiger partial charge in [0, 0.05) is 5.97 Å². The molecule has 0 aliphatic carbocycles. The van der Waals surface area contributed by atoms with Crippen LogP contribution in [0.1, 0.15) is 23.6 Å². The molecule has 0 saturated heterocycles. The SMILES string of the molecule is Cc1cccc(Oc2ccc3c(c2)CC(C)B(C#N)C3)c1. The molecule has 2 aromatic carbocycles. The first-order valence-corrected chi connectivity index (χ1v) is 7.41. The fraction of sp³-hybridized carbons (Fsp3) is 0.278. The van der Waals surface area contributed by atoms with Crippen molar-refractivity contribution >= 4 is 6.71 Å². The summed E-state index contributed by atoms with van der Waals surface area (Å²) in [4.78, 5) is 0. The molecule has 0 spiro atoms. The Balaban J connectivity index is 1.84. The van der Waals surface area contributed by atoms with E-state index in [4.69, 9.17) is 4.74 Å². The third kappa shape index (κ3) is 2.95. The lowest BCUT2D eigenvalue weighted by molar-refractivity contribution is 0.481. The molecule has 1 unspecified atom stereocenters. The minimum Gasteiger partial charge on any atom is -0.457 e.